The smallest absolute Gasteiger partial charge is 0.338 e. The summed E-state index contributed by atoms with van der Waals surface area (Å²) in [6.07, 6.45) is 5.28. The molecule has 0 bridgehead atoms. The van der Waals surface area contributed by atoms with Gasteiger partial charge in [-0.25, -0.2) is 9.78 Å². The molecular formula is C24H24ClN3O2. The number of rotatable bonds is 3. The van der Waals surface area contributed by atoms with E-state index in [0.29, 0.717) is 16.5 Å². The highest BCUT2D eigenvalue weighted by Gasteiger charge is 2.36. The molecule has 1 aromatic heterocycles. The normalized spacial score (nSPS) is 19.5. The number of nitrogens with one attached hydrogen (secondary N) is 1. The predicted molar refractivity (Wildman–Crippen MR) is 119 cm³/mol. The van der Waals surface area contributed by atoms with Gasteiger partial charge in [0.25, 0.3) is 0 Å². The summed E-state index contributed by atoms with van der Waals surface area (Å²) in [4.78, 5) is 18.2. The predicted octanol–water partition coefficient (Wildman–Crippen LogP) is 5.85. The number of ether oxygens (including phenoxy) is 1. The Bertz CT molecular complexity index is 1140. The lowest BCUT2D eigenvalue weighted by atomic mass is 9.94. The first-order valence-electron chi connectivity index (χ1n) is 10.5. The molecule has 1 aliphatic heterocycles. The lowest BCUT2D eigenvalue weighted by molar-refractivity contribution is -0.146. The van der Waals surface area contributed by atoms with Gasteiger partial charge in [0.1, 0.15) is 6.10 Å². The Labute approximate surface area is 180 Å². The number of carbonyl (C=O) groups is 1. The summed E-state index contributed by atoms with van der Waals surface area (Å²) in [5.41, 5.74) is 4.01. The maximum absolute atomic E-state index is 13.4. The minimum absolute atomic E-state index is 0.0145. The third kappa shape index (κ3) is 3.27. The number of hydrogen-bond donors (Lipinski definition) is 1. The first-order valence-corrected chi connectivity index (χ1v) is 10.9. The Kier molecular flexibility index (Phi) is 4.99. The molecule has 1 atom stereocenters. The van der Waals surface area contributed by atoms with E-state index in [1.165, 1.54) is 6.42 Å². The summed E-state index contributed by atoms with van der Waals surface area (Å²) in [5.74, 6) is 0.424. The summed E-state index contributed by atoms with van der Waals surface area (Å²) in [6, 6.07) is 15.2. The van der Waals surface area contributed by atoms with Crippen molar-refractivity contribution in [2.45, 2.75) is 51.2 Å². The number of carbonyl (C=O) groups excluding carboxylic acids is 1. The molecule has 3 aromatic rings. The number of anilines is 1. The molecule has 1 N–H and O–H groups in total. The molecule has 2 aliphatic rings. The van der Waals surface area contributed by atoms with Crippen LogP contribution in [0.1, 0.15) is 50.6 Å². The average Bonchev–Trinajstić information content (AvgIpc) is 3.11. The van der Waals surface area contributed by atoms with E-state index in [9.17, 15) is 4.79 Å². The molecule has 1 aliphatic carbocycles. The van der Waals surface area contributed by atoms with Gasteiger partial charge in [0.2, 0.25) is 5.95 Å². The highest BCUT2D eigenvalue weighted by atomic mass is 35.5. The molecule has 2 heterocycles. The summed E-state index contributed by atoms with van der Waals surface area (Å²) < 4.78 is 8.04. The molecule has 154 valence electrons. The Hall–Kier alpha value is -2.79. The minimum Gasteiger partial charge on any atom is -0.459 e. The highest BCUT2D eigenvalue weighted by Crippen LogP contribution is 2.42. The Morgan fingerprint density at radius 1 is 1.10 bits per heavy atom. The monoisotopic (exact) mass is 421 g/mol. The van der Waals surface area contributed by atoms with E-state index in [2.05, 4.69) is 9.88 Å². The number of esters is 1. The van der Waals surface area contributed by atoms with Gasteiger partial charge in [-0.1, -0.05) is 48.4 Å². The molecule has 2 aromatic carbocycles. The fraction of sp³-hybridized carbons (Fsp3) is 0.333. The second-order valence-corrected chi connectivity index (χ2v) is 8.45. The summed E-state index contributed by atoms with van der Waals surface area (Å²) in [6.45, 7) is 1.91. The molecular weight excluding hydrogens is 398 g/mol. The molecule has 5 nitrogen and oxygen atoms in total. The first-order chi connectivity index (χ1) is 14.6. The first kappa shape index (κ1) is 19.2. The number of fused-ring (bicyclic) bond motifs is 3. The SMILES string of the molecule is CC1=C(C(=O)OC2CCCCC2)[C@H](c2ccccc2Cl)n2c(nc3ccccc32)N1. The zero-order chi connectivity index (χ0) is 20.7. The Morgan fingerprint density at radius 3 is 2.63 bits per heavy atom. The van der Waals surface area contributed by atoms with Gasteiger partial charge in [0.15, 0.2) is 0 Å². The fourth-order valence-corrected chi connectivity index (χ4v) is 4.86. The van der Waals surface area contributed by atoms with E-state index in [1.54, 1.807) is 0 Å². The number of benzene rings is 2. The number of hydrogen-bond acceptors (Lipinski definition) is 4. The van der Waals surface area contributed by atoms with E-state index in [4.69, 9.17) is 21.3 Å². The molecule has 6 heteroatoms. The van der Waals surface area contributed by atoms with Gasteiger partial charge in [-0.3, -0.25) is 4.57 Å². The summed E-state index contributed by atoms with van der Waals surface area (Å²) >= 11 is 6.62. The van der Waals surface area contributed by atoms with Crippen molar-refractivity contribution in [3.8, 4) is 0 Å². The third-order valence-electron chi connectivity index (χ3n) is 6.08. The van der Waals surface area contributed by atoms with Gasteiger partial charge in [0.05, 0.1) is 22.6 Å². The molecule has 5 rings (SSSR count). The van der Waals surface area contributed by atoms with E-state index in [0.717, 1.165) is 48.0 Å². The van der Waals surface area contributed by atoms with Gasteiger partial charge in [-0.2, -0.15) is 0 Å². The van der Waals surface area contributed by atoms with Gasteiger partial charge >= 0.3 is 5.97 Å². The second-order valence-electron chi connectivity index (χ2n) is 8.05. The van der Waals surface area contributed by atoms with E-state index < -0.39 is 6.04 Å². The van der Waals surface area contributed by atoms with E-state index >= 15 is 0 Å². The lowest BCUT2D eigenvalue weighted by Crippen LogP contribution is -2.31. The van der Waals surface area contributed by atoms with Crippen LogP contribution in [0.4, 0.5) is 5.95 Å². The van der Waals surface area contributed by atoms with Crippen molar-refractivity contribution in [2.75, 3.05) is 5.32 Å². The number of imidazole rings is 1. The van der Waals surface area contributed by atoms with Crippen LogP contribution in [-0.2, 0) is 9.53 Å². The number of nitrogens with zero attached hydrogens (tertiary/aromatic N) is 2. The maximum atomic E-state index is 13.4. The fourth-order valence-electron chi connectivity index (χ4n) is 4.62. The number of aromatic nitrogens is 2. The molecule has 0 radical (unpaired) electrons. The third-order valence-corrected chi connectivity index (χ3v) is 6.42. The zero-order valence-corrected chi connectivity index (χ0v) is 17.7. The Morgan fingerprint density at radius 2 is 1.83 bits per heavy atom. The standard InChI is InChI=1S/C24H24ClN3O2/c1-15-21(23(29)30-16-9-3-2-4-10-16)22(17-11-5-6-12-18(17)25)28-20-14-8-7-13-19(20)27-24(28)26-15/h5-8,11-14,16,22H,2-4,9-10H2,1H3,(H,26,27)/t22-/m0/s1. The van der Waals surface area contributed by atoms with Gasteiger partial charge in [0, 0.05) is 10.7 Å². The van der Waals surface area contributed by atoms with Gasteiger partial charge in [-0.15, -0.1) is 0 Å². The van der Waals surface area contributed by atoms with Crippen molar-refractivity contribution in [1.82, 2.24) is 9.55 Å². The van der Waals surface area contributed by atoms with Crippen molar-refractivity contribution in [3.05, 3.63) is 70.4 Å². The second kappa shape index (κ2) is 7.80. The van der Waals surface area contributed by atoms with Crippen molar-refractivity contribution >= 4 is 34.6 Å². The van der Waals surface area contributed by atoms with E-state index in [-0.39, 0.29) is 12.1 Å². The van der Waals surface area contributed by atoms with Crippen LogP contribution in [-0.4, -0.2) is 21.6 Å². The van der Waals surface area contributed by atoms with Crippen molar-refractivity contribution < 1.29 is 9.53 Å². The molecule has 30 heavy (non-hydrogen) atoms. The van der Waals surface area contributed by atoms with Gasteiger partial charge in [-0.05, 0) is 56.4 Å². The summed E-state index contributed by atoms with van der Waals surface area (Å²) in [5, 5.41) is 3.94. The number of para-hydroxylation sites is 2. The molecule has 1 saturated carbocycles. The van der Waals surface area contributed by atoms with Crippen LogP contribution in [0.3, 0.4) is 0 Å². The van der Waals surface area contributed by atoms with Crippen LogP contribution in [0.25, 0.3) is 11.0 Å². The molecule has 1 fully saturated rings. The zero-order valence-electron chi connectivity index (χ0n) is 16.9. The quantitative estimate of drug-likeness (QED) is 0.538. The van der Waals surface area contributed by atoms with Crippen molar-refractivity contribution in [3.63, 3.8) is 0 Å². The van der Waals surface area contributed by atoms with Crippen molar-refractivity contribution in [1.29, 1.82) is 0 Å². The van der Waals surface area contributed by atoms with Crippen LogP contribution in [0.15, 0.2) is 59.8 Å². The van der Waals surface area contributed by atoms with E-state index in [1.807, 2.05) is 55.5 Å². The largest absolute Gasteiger partial charge is 0.459 e. The molecule has 0 saturated heterocycles. The number of allylic oxidation sites excluding steroid dienone is 1. The minimum atomic E-state index is -0.404. The van der Waals surface area contributed by atoms with Crippen LogP contribution in [0, 0.1) is 0 Å². The lowest BCUT2D eigenvalue weighted by Gasteiger charge is -2.32. The Balaban J connectivity index is 1.64. The molecule has 0 unspecified atom stereocenters. The number of halogens is 1. The topological polar surface area (TPSA) is 56.2 Å². The van der Waals surface area contributed by atoms with Crippen molar-refractivity contribution in [2.24, 2.45) is 0 Å². The van der Waals surface area contributed by atoms with Crippen LogP contribution < -0.4 is 5.32 Å². The van der Waals surface area contributed by atoms with Crippen LogP contribution >= 0.6 is 11.6 Å². The molecule has 0 amide bonds. The van der Waals surface area contributed by atoms with Crippen LogP contribution in [0.2, 0.25) is 5.02 Å². The maximum Gasteiger partial charge on any atom is 0.338 e. The highest BCUT2D eigenvalue weighted by molar-refractivity contribution is 6.31. The summed E-state index contributed by atoms with van der Waals surface area (Å²) in [7, 11) is 0. The molecule has 0 spiro atoms. The average molecular weight is 422 g/mol. The van der Waals surface area contributed by atoms with Gasteiger partial charge < -0.3 is 10.1 Å². The van der Waals surface area contributed by atoms with Crippen LogP contribution in [0.5, 0.6) is 0 Å².